The summed E-state index contributed by atoms with van der Waals surface area (Å²) in [6, 6.07) is 3.18. The van der Waals surface area contributed by atoms with Crippen LogP contribution in [0, 0.1) is 0 Å². The number of Topliss-reactive ketones (excluding diaryl/α,β-unsaturated/α-hetero) is 1. The number of hydrogen-bond donors (Lipinski definition) is 1. The van der Waals surface area contributed by atoms with Crippen LogP contribution in [0.1, 0.15) is 29.8 Å². The van der Waals surface area contributed by atoms with Gasteiger partial charge in [0.25, 0.3) is 0 Å². The van der Waals surface area contributed by atoms with Crippen LogP contribution in [0.15, 0.2) is 12.1 Å². The Balaban J connectivity index is 2.63. The molecule has 1 aromatic carbocycles. The van der Waals surface area contributed by atoms with Gasteiger partial charge in [0, 0.05) is 10.6 Å². The van der Waals surface area contributed by atoms with Crippen molar-refractivity contribution in [2.45, 2.75) is 26.1 Å². The number of aliphatic hydroxyl groups excluding tert-OH is 1. The monoisotopic (exact) mass is 226 g/mol. The van der Waals surface area contributed by atoms with E-state index in [1.807, 2.05) is 0 Å². The van der Waals surface area contributed by atoms with E-state index in [-0.39, 0.29) is 12.4 Å². The Kier molecular flexibility index (Phi) is 2.24. The summed E-state index contributed by atoms with van der Waals surface area (Å²) in [6.07, 6.45) is 0. The number of rotatable bonds is 1. The predicted molar refractivity (Wildman–Crippen MR) is 56.4 cm³/mol. The Morgan fingerprint density at radius 1 is 1.47 bits per heavy atom. The van der Waals surface area contributed by atoms with Gasteiger partial charge >= 0.3 is 0 Å². The summed E-state index contributed by atoms with van der Waals surface area (Å²) in [5.41, 5.74) is 0.143. The third-order valence-electron chi connectivity index (χ3n) is 2.45. The molecule has 0 saturated carbocycles. The minimum atomic E-state index is -0.864. The van der Waals surface area contributed by atoms with Crippen LogP contribution in [-0.4, -0.2) is 16.5 Å². The van der Waals surface area contributed by atoms with Crippen molar-refractivity contribution in [3.05, 3.63) is 28.3 Å². The lowest BCUT2D eigenvalue weighted by atomic mass is 9.99. The van der Waals surface area contributed by atoms with Crippen LogP contribution in [-0.2, 0) is 6.61 Å². The van der Waals surface area contributed by atoms with Crippen molar-refractivity contribution in [2.24, 2.45) is 0 Å². The van der Waals surface area contributed by atoms with Crippen LogP contribution in [0.5, 0.6) is 5.75 Å². The smallest absolute Gasteiger partial charge is 0.209 e. The molecule has 0 saturated heterocycles. The number of fused-ring (bicyclic) bond motifs is 1. The molecule has 80 valence electrons. The zero-order chi connectivity index (χ0) is 11.2. The predicted octanol–water partition coefficient (Wildman–Crippen LogP) is 2.19. The molecule has 0 unspecified atom stereocenters. The average molecular weight is 227 g/mol. The normalized spacial score (nSPS) is 17.5. The molecule has 1 heterocycles. The van der Waals surface area contributed by atoms with Crippen molar-refractivity contribution < 1.29 is 14.6 Å². The second kappa shape index (κ2) is 3.22. The molecule has 0 radical (unpaired) electrons. The van der Waals surface area contributed by atoms with E-state index in [4.69, 9.17) is 21.4 Å². The quantitative estimate of drug-likeness (QED) is 0.799. The first-order chi connectivity index (χ1) is 6.95. The minimum absolute atomic E-state index is 0.102. The van der Waals surface area contributed by atoms with Crippen molar-refractivity contribution >= 4 is 17.4 Å². The number of hydrogen-bond acceptors (Lipinski definition) is 3. The van der Waals surface area contributed by atoms with Gasteiger partial charge in [0.1, 0.15) is 5.75 Å². The molecule has 0 bridgehead atoms. The molecule has 0 aliphatic carbocycles. The average Bonchev–Trinajstić information content (AvgIpc) is 2.39. The van der Waals surface area contributed by atoms with E-state index in [1.54, 1.807) is 26.0 Å². The van der Waals surface area contributed by atoms with Crippen molar-refractivity contribution in [3.8, 4) is 5.75 Å². The van der Waals surface area contributed by atoms with Crippen molar-refractivity contribution in [2.75, 3.05) is 0 Å². The molecule has 15 heavy (non-hydrogen) atoms. The van der Waals surface area contributed by atoms with Crippen LogP contribution in [0.3, 0.4) is 0 Å². The van der Waals surface area contributed by atoms with E-state index in [9.17, 15) is 4.79 Å². The molecule has 4 heteroatoms. The van der Waals surface area contributed by atoms with Gasteiger partial charge in [0.05, 0.1) is 12.2 Å². The second-order valence-corrected chi connectivity index (χ2v) is 4.48. The summed E-state index contributed by atoms with van der Waals surface area (Å²) < 4.78 is 5.52. The number of aliphatic hydroxyl groups is 1. The molecule has 1 aromatic rings. The fourth-order valence-corrected chi connectivity index (χ4v) is 1.92. The highest BCUT2D eigenvalue weighted by atomic mass is 35.5. The zero-order valence-electron chi connectivity index (χ0n) is 8.50. The molecule has 0 amide bonds. The Bertz CT molecular complexity index is 438. The number of ketones is 1. The zero-order valence-corrected chi connectivity index (χ0v) is 9.26. The van der Waals surface area contributed by atoms with Crippen LogP contribution >= 0.6 is 11.6 Å². The number of benzene rings is 1. The first-order valence-corrected chi connectivity index (χ1v) is 5.00. The largest absolute Gasteiger partial charge is 0.479 e. The summed E-state index contributed by atoms with van der Waals surface area (Å²) in [4.78, 5) is 11.9. The van der Waals surface area contributed by atoms with Gasteiger partial charge in [0.15, 0.2) is 5.60 Å². The molecule has 0 spiro atoms. The highest BCUT2D eigenvalue weighted by Crippen LogP contribution is 2.39. The van der Waals surface area contributed by atoms with Crippen molar-refractivity contribution in [3.63, 3.8) is 0 Å². The Morgan fingerprint density at radius 2 is 2.13 bits per heavy atom. The summed E-state index contributed by atoms with van der Waals surface area (Å²) in [5.74, 6) is 0.353. The lowest BCUT2D eigenvalue weighted by Gasteiger charge is -2.16. The first kappa shape index (κ1) is 10.5. The van der Waals surface area contributed by atoms with Gasteiger partial charge in [-0.15, -0.1) is 0 Å². The Hall–Kier alpha value is -1.06. The molecule has 0 fully saturated rings. The number of ether oxygens (including phenoxy) is 1. The lowest BCUT2D eigenvalue weighted by molar-refractivity contribution is 0.0679. The van der Waals surface area contributed by atoms with Crippen LogP contribution in [0.2, 0.25) is 5.02 Å². The van der Waals surface area contributed by atoms with Gasteiger partial charge in [-0.05, 0) is 26.0 Å². The van der Waals surface area contributed by atoms with Gasteiger partial charge in [-0.2, -0.15) is 0 Å². The van der Waals surface area contributed by atoms with E-state index in [1.165, 1.54) is 0 Å². The van der Waals surface area contributed by atoms with E-state index < -0.39 is 5.60 Å². The summed E-state index contributed by atoms with van der Waals surface area (Å²) in [7, 11) is 0. The summed E-state index contributed by atoms with van der Waals surface area (Å²) in [6.45, 7) is 3.21. The molecule has 2 rings (SSSR count). The van der Waals surface area contributed by atoms with Crippen molar-refractivity contribution in [1.29, 1.82) is 0 Å². The van der Waals surface area contributed by atoms with E-state index in [2.05, 4.69) is 0 Å². The molecular weight excluding hydrogens is 216 g/mol. The van der Waals surface area contributed by atoms with Crippen LogP contribution in [0.25, 0.3) is 0 Å². The third kappa shape index (κ3) is 1.52. The number of carbonyl (C=O) groups excluding carboxylic acids is 1. The topological polar surface area (TPSA) is 46.5 Å². The highest BCUT2D eigenvalue weighted by Gasteiger charge is 2.41. The highest BCUT2D eigenvalue weighted by molar-refractivity contribution is 6.31. The van der Waals surface area contributed by atoms with Gasteiger partial charge in [-0.1, -0.05) is 11.6 Å². The maximum atomic E-state index is 11.9. The van der Waals surface area contributed by atoms with Gasteiger partial charge < -0.3 is 9.84 Å². The van der Waals surface area contributed by atoms with E-state index in [0.29, 0.717) is 21.9 Å². The molecule has 0 aromatic heterocycles. The molecule has 1 N–H and O–H groups in total. The fraction of sp³-hybridized carbons (Fsp3) is 0.364. The van der Waals surface area contributed by atoms with E-state index in [0.717, 1.165) is 0 Å². The molecule has 1 aliphatic rings. The SMILES string of the molecule is CC1(C)Oc2c(CO)cc(Cl)cc2C1=O. The maximum absolute atomic E-state index is 11.9. The summed E-state index contributed by atoms with van der Waals surface area (Å²) >= 11 is 5.85. The van der Waals surface area contributed by atoms with Gasteiger partial charge in [-0.3, -0.25) is 4.79 Å². The molecule has 3 nitrogen and oxygen atoms in total. The standard InChI is InChI=1S/C11H11ClO3/c1-11(2)10(14)8-4-7(12)3-6(5-13)9(8)15-11/h3-4,13H,5H2,1-2H3. The molecule has 0 atom stereocenters. The van der Waals surface area contributed by atoms with Gasteiger partial charge in [0.2, 0.25) is 5.78 Å². The van der Waals surface area contributed by atoms with Gasteiger partial charge in [-0.25, -0.2) is 0 Å². The maximum Gasteiger partial charge on any atom is 0.209 e. The fourth-order valence-electron chi connectivity index (χ4n) is 1.68. The summed E-state index contributed by atoms with van der Waals surface area (Å²) in [5, 5.41) is 9.57. The minimum Gasteiger partial charge on any atom is -0.479 e. The number of halogens is 1. The lowest BCUT2D eigenvalue weighted by Crippen LogP contribution is -2.32. The molecule has 1 aliphatic heterocycles. The Labute approximate surface area is 92.6 Å². The van der Waals surface area contributed by atoms with E-state index >= 15 is 0 Å². The third-order valence-corrected chi connectivity index (χ3v) is 2.67. The van der Waals surface area contributed by atoms with Crippen LogP contribution in [0.4, 0.5) is 0 Å². The van der Waals surface area contributed by atoms with Crippen LogP contribution < -0.4 is 4.74 Å². The molecular formula is C11H11ClO3. The first-order valence-electron chi connectivity index (χ1n) is 4.63. The number of carbonyl (C=O) groups is 1. The van der Waals surface area contributed by atoms with Crippen molar-refractivity contribution in [1.82, 2.24) is 0 Å². The Morgan fingerprint density at radius 3 is 2.73 bits per heavy atom. The second-order valence-electron chi connectivity index (χ2n) is 4.04.